The van der Waals surface area contributed by atoms with E-state index in [-0.39, 0.29) is 83.3 Å². The summed E-state index contributed by atoms with van der Waals surface area (Å²) in [6.45, 7) is 27.7. The average molecular weight is 1490 g/mol. The lowest BCUT2D eigenvalue weighted by Gasteiger charge is -2.48. The molecule has 32 heteroatoms. The van der Waals surface area contributed by atoms with E-state index >= 15 is 8.78 Å². The zero-order valence-electron chi connectivity index (χ0n) is 61.5. The fourth-order valence-corrected chi connectivity index (χ4v) is 23.8. The maximum absolute atomic E-state index is 15.6. The van der Waals surface area contributed by atoms with Crippen molar-refractivity contribution >= 4 is 75.8 Å². The van der Waals surface area contributed by atoms with E-state index < -0.39 is 116 Å². The second kappa shape index (κ2) is 29.0. The number of ether oxygens (including phenoxy) is 4. The predicted molar refractivity (Wildman–Crippen MR) is 387 cm³/mol. The van der Waals surface area contributed by atoms with Gasteiger partial charge in [-0.3, -0.25) is 44.1 Å². The van der Waals surface area contributed by atoms with Crippen LogP contribution in [0.2, 0.25) is 0 Å². The molecule has 558 valence electrons. The second-order valence-electron chi connectivity index (χ2n) is 30.2. The van der Waals surface area contributed by atoms with Crippen LogP contribution in [-0.4, -0.2) is 163 Å². The van der Waals surface area contributed by atoms with Gasteiger partial charge in [-0.15, -0.1) is 0 Å². The van der Waals surface area contributed by atoms with Gasteiger partial charge in [0.15, 0.2) is 11.6 Å². The summed E-state index contributed by atoms with van der Waals surface area (Å²) in [5, 5.41) is -1.74. The topological polar surface area (TPSA) is 373 Å². The van der Waals surface area contributed by atoms with Crippen LogP contribution in [0.5, 0.6) is 11.8 Å². The van der Waals surface area contributed by atoms with Crippen molar-refractivity contribution in [3.63, 3.8) is 0 Å². The van der Waals surface area contributed by atoms with Crippen LogP contribution in [-0.2, 0) is 77.7 Å². The van der Waals surface area contributed by atoms with E-state index in [4.69, 9.17) is 40.4 Å². The number of fused-ring (bicyclic) bond motifs is 3. The third-order valence-corrected chi connectivity index (χ3v) is 30.7. The number of esters is 2. The SMILES string of the molecule is CC(C)(C)OC(=O)CC1=N[C@](C)(c2nc(N)ccc2F)[C@@H]2CCCN=[S@]2(=O)C1(C)C.COc1cnc(C(=O)Cc2ccc(F)c([C@@]3(C)N=C(CC(=O)OC(C)(C)C)C(C)(C)[S@@]4(=O)=NCCC[C@@H]34)n2)cn1.COc1cnc(C(=O)Cc2ccc(F)c([C@@]3(C)N=C(N)C(C)(C)[S@@]4(=O)=NCCC[C@@H]34)n2)cn1. The molecule has 0 saturated heterocycles. The number of nitrogens with two attached hydrogens (primary N) is 2. The lowest BCUT2D eigenvalue weighted by Crippen LogP contribution is -2.60. The van der Waals surface area contributed by atoms with Crippen molar-refractivity contribution in [3.05, 3.63) is 118 Å². The third-order valence-electron chi connectivity index (χ3n) is 19.6. The molecule has 0 bridgehead atoms. The van der Waals surface area contributed by atoms with Crippen molar-refractivity contribution in [2.24, 2.45) is 33.8 Å². The monoisotopic (exact) mass is 1490 g/mol. The molecule has 0 unspecified atom stereocenters. The molecule has 9 atom stereocenters. The molecule has 5 aromatic rings. The van der Waals surface area contributed by atoms with Crippen LogP contribution in [0.4, 0.5) is 19.0 Å². The number of hydrogen-bond donors (Lipinski definition) is 2. The van der Waals surface area contributed by atoms with Gasteiger partial charge in [0.05, 0.1) is 119 Å². The number of anilines is 1. The Morgan fingerprint density at radius 3 is 1.16 bits per heavy atom. The van der Waals surface area contributed by atoms with Crippen molar-refractivity contribution in [2.45, 2.75) is 226 Å². The fraction of sp³-hybridized carbons (Fsp3) is 0.577. The highest BCUT2D eigenvalue weighted by molar-refractivity contribution is 7.97. The van der Waals surface area contributed by atoms with Crippen LogP contribution in [0.3, 0.4) is 0 Å². The van der Waals surface area contributed by atoms with E-state index in [9.17, 15) is 36.2 Å². The number of hydrogen-bond acceptors (Lipinski definition) is 26. The summed E-state index contributed by atoms with van der Waals surface area (Å²) < 4.78 is 120. The van der Waals surface area contributed by atoms with Crippen molar-refractivity contribution < 1.29 is 63.9 Å². The maximum Gasteiger partial charge on any atom is 0.312 e. The molecule has 6 aliphatic rings. The van der Waals surface area contributed by atoms with Gasteiger partial charge in [0.1, 0.15) is 90.1 Å². The van der Waals surface area contributed by atoms with Crippen molar-refractivity contribution in [3.8, 4) is 11.8 Å². The first kappa shape index (κ1) is 78.9. The van der Waals surface area contributed by atoms with E-state index in [1.807, 2.05) is 0 Å². The first-order valence-electron chi connectivity index (χ1n) is 34.0. The Bertz CT molecular complexity index is 4670. The summed E-state index contributed by atoms with van der Waals surface area (Å²) in [7, 11) is -5.87. The van der Waals surface area contributed by atoms with Crippen molar-refractivity contribution in [2.75, 3.05) is 39.6 Å². The molecule has 11 heterocycles. The lowest BCUT2D eigenvalue weighted by atomic mass is 9.87. The largest absolute Gasteiger partial charge is 0.480 e. The van der Waals surface area contributed by atoms with E-state index in [0.29, 0.717) is 74.0 Å². The Hall–Kier alpha value is -8.26. The Balaban J connectivity index is 0.000000182. The average Bonchev–Trinajstić information content (AvgIpc) is 0.716. The first-order valence-corrected chi connectivity index (χ1v) is 38.7. The number of aromatic nitrogens is 7. The molecule has 5 aromatic heterocycles. The molecule has 26 nitrogen and oxygen atoms in total. The quantitative estimate of drug-likeness (QED) is 0.0726. The van der Waals surface area contributed by atoms with Crippen LogP contribution in [0.25, 0.3) is 0 Å². The van der Waals surface area contributed by atoms with Gasteiger partial charge in [-0.2, -0.15) is 0 Å². The molecule has 4 N–H and O–H groups in total. The second-order valence-corrected chi connectivity index (χ2v) is 39.1. The van der Waals surface area contributed by atoms with E-state index in [1.165, 1.54) is 75.4 Å². The highest BCUT2D eigenvalue weighted by Gasteiger charge is 2.60. The Morgan fingerprint density at radius 2 is 0.816 bits per heavy atom. The molecule has 0 radical (unpaired) electrons. The minimum Gasteiger partial charge on any atom is -0.480 e. The van der Waals surface area contributed by atoms with E-state index in [0.717, 1.165) is 12.8 Å². The summed E-state index contributed by atoms with van der Waals surface area (Å²) in [5.41, 5.74) is 8.42. The number of carbonyl (C=O) groups excluding carboxylic acids is 4. The standard InChI is InChI=1S/C28H36FN5O5S.C22H27FN6O3S.C21H31FN4O3S/c1-26(2,3)39-24(36)14-21-27(4,5)40(37)22(9-8-12-32-40)28(6,34-21)25-18(29)11-10-17(33-25)13-20(35)19-15-31-23(38-7)16-30-19;1-21(2)20(24)29-22(3,17-6-5-9-27-33(17,21)31)19-14(23)8-7-13(28-19)10-16(30)15-11-26-18(32-4)12-25-15;1-19(2,3)29-17(27)12-14-20(4,5)30(28)15(8-7-11-24-30)21(6,26-14)18-13(22)9-10-16(23)25-18/h10-11,15-16,22H,8-9,12-14H2,1-7H3;7-8,11-12,17H,5-6,9-10H2,1-4H3,(H2,24,29);9-10,15H,7-8,11-12H2,1-6H3,(H2,23,25)/t22-,28-,40+;17-,22-,33+;15-,21-,30+/m000/s1. The molecule has 0 aliphatic carbocycles. The Kier molecular flexibility index (Phi) is 22.2. The van der Waals surface area contributed by atoms with Crippen LogP contribution in [0.15, 0.2) is 89.3 Å². The summed E-state index contributed by atoms with van der Waals surface area (Å²) in [4.78, 5) is 94.9. The fourth-order valence-electron chi connectivity index (χ4n) is 13.9. The van der Waals surface area contributed by atoms with Gasteiger partial charge in [-0.25, -0.2) is 63.8 Å². The Morgan fingerprint density at radius 1 is 0.476 bits per heavy atom. The van der Waals surface area contributed by atoms with Gasteiger partial charge in [-0.1, -0.05) is 0 Å². The van der Waals surface area contributed by atoms with Crippen LogP contribution in [0, 0.1) is 17.5 Å². The van der Waals surface area contributed by atoms with Gasteiger partial charge in [0, 0.05) is 42.4 Å². The predicted octanol–water partition coefficient (Wildman–Crippen LogP) is 10.3. The van der Waals surface area contributed by atoms with Crippen molar-refractivity contribution in [1.82, 2.24) is 34.9 Å². The number of nitrogens with zero attached hydrogens (tertiary/aromatic N) is 13. The van der Waals surface area contributed by atoms with Gasteiger partial charge in [0.25, 0.3) is 0 Å². The number of carbonyl (C=O) groups is 4. The van der Waals surface area contributed by atoms with Crippen LogP contribution < -0.4 is 20.9 Å². The zero-order chi connectivity index (χ0) is 76.1. The van der Waals surface area contributed by atoms with Crippen LogP contribution >= 0.6 is 0 Å². The molecule has 0 amide bonds. The number of nitrogen functional groups attached to an aromatic ring is 1. The third kappa shape index (κ3) is 15.3. The van der Waals surface area contributed by atoms with Gasteiger partial charge < -0.3 is 30.4 Å². The molecule has 103 heavy (non-hydrogen) atoms. The molecule has 0 aromatic carbocycles. The smallest absolute Gasteiger partial charge is 0.312 e. The Labute approximate surface area is 600 Å². The number of halogens is 3. The van der Waals surface area contributed by atoms with Crippen LogP contribution in [0.1, 0.15) is 205 Å². The van der Waals surface area contributed by atoms with Gasteiger partial charge >= 0.3 is 11.9 Å². The number of amidine groups is 1. The number of Topliss-reactive ketones (excluding diaryl/α,β-unsaturated/α-hetero) is 2. The number of rotatable bonds is 15. The summed E-state index contributed by atoms with van der Waals surface area (Å²) in [6, 6.07) is 7.98. The van der Waals surface area contributed by atoms with Gasteiger partial charge in [-0.05, 0) is 179 Å². The highest BCUT2D eigenvalue weighted by atomic mass is 32.2. The summed E-state index contributed by atoms with van der Waals surface area (Å²) in [5.74, 6) is -2.62. The van der Waals surface area contributed by atoms with Gasteiger partial charge in [0.2, 0.25) is 11.8 Å². The minimum atomic E-state index is -3.02. The van der Waals surface area contributed by atoms with E-state index in [2.05, 4.69) is 53.0 Å². The maximum atomic E-state index is 15.6. The first-order chi connectivity index (χ1) is 47.8. The summed E-state index contributed by atoms with van der Waals surface area (Å²) in [6.07, 6.45) is 8.43. The number of pyridine rings is 3. The number of aliphatic imine (C=N–C) groups is 3. The number of methoxy groups -OCH3 is 2. The molecular weight excluding hydrogens is 1390 g/mol. The molecule has 0 saturated carbocycles. The molecule has 11 rings (SSSR count). The molecule has 0 spiro atoms. The van der Waals surface area contributed by atoms with Crippen molar-refractivity contribution in [1.29, 1.82) is 0 Å². The normalized spacial score (nSPS) is 28.0. The summed E-state index contributed by atoms with van der Waals surface area (Å²) >= 11 is 0. The molecule has 0 fully saturated rings. The number of ketones is 2. The highest BCUT2D eigenvalue weighted by Crippen LogP contribution is 2.51. The zero-order valence-corrected chi connectivity index (χ0v) is 64.0. The molecular formula is C71H94F3N15O11S3. The van der Waals surface area contributed by atoms with E-state index in [1.54, 1.807) is 104 Å². The lowest BCUT2D eigenvalue weighted by molar-refractivity contribution is -0.154. The minimum absolute atomic E-state index is 0.0156. The molecule has 6 aliphatic heterocycles.